The van der Waals surface area contributed by atoms with E-state index in [1.54, 1.807) is 0 Å². The van der Waals surface area contributed by atoms with Gasteiger partial charge in [0.2, 0.25) is 0 Å². The normalized spacial score (nSPS) is 11.9. The molecule has 0 rings (SSSR count). The Hall–Kier alpha value is -0.650. The maximum atomic E-state index is 11.3. The molecule has 0 fully saturated rings. The average molecular weight is 275 g/mol. The van der Waals surface area contributed by atoms with Crippen molar-refractivity contribution >= 4 is 5.97 Å². The molecule has 0 unspecified atom stereocenters. The fourth-order valence-electron chi connectivity index (χ4n) is 1.76. The molecule has 0 spiro atoms. The minimum atomic E-state index is -0.215. The first-order valence-corrected chi connectivity index (χ1v) is 6.84. The monoisotopic (exact) mass is 275 g/mol. The van der Waals surface area contributed by atoms with Crippen LogP contribution in [0.15, 0.2) is 0 Å². The van der Waals surface area contributed by atoms with Crippen molar-refractivity contribution in [3.8, 4) is 0 Å². The highest BCUT2D eigenvalue weighted by Gasteiger charge is 2.13. The smallest absolute Gasteiger partial charge is 0.319 e. The first-order valence-electron chi connectivity index (χ1n) is 6.84. The molecule has 0 aromatic rings. The quantitative estimate of drug-likeness (QED) is 0.265. The predicted molar refractivity (Wildman–Crippen MR) is 74.7 cm³/mol. The summed E-state index contributed by atoms with van der Waals surface area (Å²) < 4.78 is 4.69. The third kappa shape index (κ3) is 12.1. The summed E-state index contributed by atoms with van der Waals surface area (Å²) >= 11 is 0. The van der Waals surface area contributed by atoms with Crippen molar-refractivity contribution in [1.29, 1.82) is 0 Å². The molecule has 5 heteroatoms. The largest absolute Gasteiger partial charge is 0.468 e. The molecule has 0 aromatic heterocycles. The Morgan fingerprint density at radius 2 is 1.79 bits per heavy atom. The number of carbonyl (C=O) groups is 1. The van der Waals surface area contributed by atoms with Gasteiger partial charge in [-0.05, 0) is 24.8 Å². The van der Waals surface area contributed by atoms with Crippen molar-refractivity contribution in [1.82, 2.24) is 4.90 Å². The topological polar surface area (TPSA) is 48.0 Å². The summed E-state index contributed by atoms with van der Waals surface area (Å²) in [6.45, 7) is 9.02. The lowest BCUT2D eigenvalue weighted by molar-refractivity contribution is -0.273. The van der Waals surface area contributed by atoms with Crippen LogP contribution in [0, 0.1) is 5.41 Å². The van der Waals surface area contributed by atoms with Crippen molar-refractivity contribution in [3.05, 3.63) is 0 Å². The van der Waals surface area contributed by atoms with Gasteiger partial charge < -0.3 is 4.74 Å². The van der Waals surface area contributed by atoms with Gasteiger partial charge in [0.1, 0.15) is 0 Å². The average Bonchev–Trinajstić information content (AvgIpc) is 2.33. The fraction of sp³-hybridized carbons (Fsp3) is 0.929. The van der Waals surface area contributed by atoms with E-state index in [0.717, 1.165) is 19.4 Å². The van der Waals surface area contributed by atoms with E-state index in [9.17, 15) is 4.79 Å². The van der Waals surface area contributed by atoms with Crippen LogP contribution < -0.4 is 0 Å². The molecule has 0 amide bonds. The summed E-state index contributed by atoms with van der Waals surface area (Å²) in [5, 5.41) is 0. The van der Waals surface area contributed by atoms with Crippen LogP contribution in [0.25, 0.3) is 0 Å². The molecule has 0 aliphatic carbocycles. The molecule has 19 heavy (non-hydrogen) atoms. The molecular formula is C14H29NO4. The zero-order chi connectivity index (χ0) is 14.7. The van der Waals surface area contributed by atoms with Gasteiger partial charge in [0, 0.05) is 6.54 Å². The highest BCUT2D eigenvalue weighted by Crippen LogP contribution is 2.21. The Kier molecular flexibility index (Phi) is 9.83. The van der Waals surface area contributed by atoms with Crippen LogP contribution in [0.3, 0.4) is 0 Å². The van der Waals surface area contributed by atoms with Gasteiger partial charge in [-0.1, -0.05) is 27.2 Å². The summed E-state index contributed by atoms with van der Waals surface area (Å²) in [5.41, 5.74) is 0.367. The summed E-state index contributed by atoms with van der Waals surface area (Å²) in [5.74, 6) is -0.215. The van der Waals surface area contributed by atoms with E-state index in [4.69, 9.17) is 9.62 Å². The van der Waals surface area contributed by atoms with Gasteiger partial charge in [-0.15, -0.1) is 0 Å². The summed E-state index contributed by atoms with van der Waals surface area (Å²) in [4.78, 5) is 22.7. The molecule has 0 N–H and O–H groups in total. The number of rotatable bonds is 10. The molecule has 5 nitrogen and oxygen atoms in total. The van der Waals surface area contributed by atoms with Crippen LogP contribution in [0.5, 0.6) is 0 Å². The predicted octanol–water partition coefficient (Wildman–Crippen LogP) is 2.26. The van der Waals surface area contributed by atoms with Crippen molar-refractivity contribution < 1.29 is 19.3 Å². The van der Waals surface area contributed by atoms with Crippen LogP contribution >= 0.6 is 0 Å². The van der Waals surface area contributed by atoms with Crippen molar-refractivity contribution in [2.75, 3.05) is 40.5 Å². The minimum Gasteiger partial charge on any atom is -0.468 e. The minimum absolute atomic E-state index is 0.215. The van der Waals surface area contributed by atoms with Gasteiger partial charge in [0.15, 0.2) is 0 Å². The zero-order valence-corrected chi connectivity index (χ0v) is 13.0. The van der Waals surface area contributed by atoms with Gasteiger partial charge >= 0.3 is 5.97 Å². The molecule has 0 heterocycles. The van der Waals surface area contributed by atoms with E-state index in [2.05, 4.69) is 25.7 Å². The first-order chi connectivity index (χ1) is 8.89. The molecule has 0 atom stereocenters. The lowest BCUT2D eigenvalue weighted by atomic mass is 9.90. The Bertz CT molecular complexity index is 238. The number of hydrogen-bond donors (Lipinski definition) is 0. The second-order valence-electron chi connectivity index (χ2n) is 5.86. The second kappa shape index (κ2) is 10.2. The van der Waals surface area contributed by atoms with E-state index in [1.165, 1.54) is 20.6 Å². The number of ether oxygens (including phenoxy) is 1. The molecule has 0 aromatic carbocycles. The number of hydrogen-bond acceptors (Lipinski definition) is 5. The van der Waals surface area contributed by atoms with E-state index in [1.807, 2.05) is 4.90 Å². The zero-order valence-electron chi connectivity index (χ0n) is 13.0. The Morgan fingerprint density at radius 1 is 1.11 bits per heavy atom. The Balaban J connectivity index is 3.93. The number of carbonyl (C=O) groups excluding carboxylic acids is 1. The van der Waals surface area contributed by atoms with Gasteiger partial charge in [-0.3, -0.25) is 9.69 Å². The lowest BCUT2D eigenvalue weighted by Crippen LogP contribution is -2.34. The van der Waals surface area contributed by atoms with Crippen molar-refractivity contribution in [2.24, 2.45) is 5.41 Å². The molecular weight excluding hydrogens is 246 g/mol. The van der Waals surface area contributed by atoms with E-state index in [-0.39, 0.29) is 5.97 Å². The third-order valence-electron chi connectivity index (χ3n) is 2.84. The third-order valence-corrected chi connectivity index (χ3v) is 2.84. The van der Waals surface area contributed by atoms with Gasteiger partial charge in [0.05, 0.1) is 27.4 Å². The maximum absolute atomic E-state index is 11.3. The Labute approximate surface area is 117 Å². The fourth-order valence-corrected chi connectivity index (χ4v) is 1.76. The highest BCUT2D eigenvalue weighted by molar-refractivity contribution is 5.71. The molecule has 114 valence electrons. The number of methoxy groups -OCH3 is 1. The second-order valence-corrected chi connectivity index (χ2v) is 5.86. The van der Waals surface area contributed by atoms with Crippen molar-refractivity contribution in [3.63, 3.8) is 0 Å². The van der Waals surface area contributed by atoms with E-state index < -0.39 is 0 Å². The Morgan fingerprint density at radius 3 is 2.32 bits per heavy atom. The van der Waals surface area contributed by atoms with Crippen LogP contribution in [-0.4, -0.2) is 51.3 Å². The van der Waals surface area contributed by atoms with Crippen LogP contribution in [0.4, 0.5) is 0 Å². The lowest BCUT2D eigenvalue weighted by Gasteiger charge is -2.22. The molecule has 0 aliphatic heterocycles. The summed E-state index contributed by atoms with van der Waals surface area (Å²) in [7, 11) is 2.89. The van der Waals surface area contributed by atoms with Gasteiger partial charge in [-0.25, -0.2) is 9.78 Å². The maximum Gasteiger partial charge on any atom is 0.319 e. The number of nitrogens with zero attached hydrogens (tertiary/aromatic N) is 1. The van der Waals surface area contributed by atoms with E-state index >= 15 is 0 Å². The molecule has 0 bridgehead atoms. The molecule has 0 aliphatic rings. The first kappa shape index (κ1) is 18.4. The standard InChI is InChI=1S/C14H29NO4/c1-14(2,3)8-6-7-9-15(10-11-19-18-5)12-13(16)17-4/h6-12H2,1-5H3. The summed E-state index contributed by atoms with van der Waals surface area (Å²) in [6.07, 6.45) is 3.42. The summed E-state index contributed by atoms with van der Waals surface area (Å²) in [6, 6.07) is 0. The van der Waals surface area contributed by atoms with Crippen molar-refractivity contribution in [2.45, 2.75) is 40.0 Å². The molecule has 0 saturated carbocycles. The van der Waals surface area contributed by atoms with Gasteiger partial charge in [-0.2, -0.15) is 0 Å². The number of unbranched alkanes of at least 4 members (excludes halogenated alkanes) is 1. The van der Waals surface area contributed by atoms with Crippen LogP contribution in [0.1, 0.15) is 40.0 Å². The molecule has 0 saturated heterocycles. The van der Waals surface area contributed by atoms with Gasteiger partial charge in [0.25, 0.3) is 0 Å². The van der Waals surface area contributed by atoms with Crippen LogP contribution in [-0.2, 0) is 19.3 Å². The SMILES string of the molecule is COOCCN(CCCCC(C)(C)C)CC(=O)OC. The highest BCUT2D eigenvalue weighted by atomic mass is 17.2. The van der Waals surface area contributed by atoms with E-state index in [0.29, 0.717) is 25.1 Å². The number of esters is 1. The molecule has 0 radical (unpaired) electrons. The van der Waals surface area contributed by atoms with Crippen LogP contribution in [0.2, 0.25) is 0 Å².